The number of piperazine rings is 1. The SMILES string of the molecule is Nc1cccc(Cl)c1.c1cnc(N2CCNCC2)nc1. The molecule has 1 aromatic carbocycles. The van der Waals surface area contributed by atoms with Crippen molar-refractivity contribution in [3.63, 3.8) is 0 Å². The third-order valence-electron chi connectivity index (χ3n) is 2.80. The zero-order chi connectivity index (χ0) is 14.2. The minimum Gasteiger partial charge on any atom is -0.399 e. The normalized spacial score (nSPS) is 14.3. The molecule has 2 aromatic rings. The summed E-state index contributed by atoms with van der Waals surface area (Å²) < 4.78 is 0. The van der Waals surface area contributed by atoms with E-state index in [0.717, 1.165) is 32.1 Å². The number of halogens is 1. The van der Waals surface area contributed by atoms with Crippen LogP contribution in [0.25, 0.3) is 0 Å². The second-order valence-electron chi connectivity index (χ2n) is 4.34. The largest absolute Gasteiger partial charge is 0.399 e. The Balaban J connectivity index is 0.000000160. The predicted octanol–water partition coefficient (Wildman–Crippen LogP) is 1.81. The molecule has 3 rings (SSSR count). The van der Waals surface area contributed by atoms with E-state index in [4.69, 9.17) is 17.3 Å². The number of nitrogens with two attached hydrogens (primary N) is 1. The summed E-state index contributed by atoms with van der Waals surface area (Å²) >= 11 is 5.56. The smallest absolute Gasteiger partial charge is 0.225 e. The first kappa shape index (κ1) is 14.6. The lowest BCUT2D eigenvalue weighted by Crippen LogP contribution is -2.44. The number of nitrogen functional groups attached to an aromatic ring is 1. The highest BCUT2D eigenvalue weighted by Crippen LogP contribution is 2.10. The van der Waals surface area contributed by atoms with E-state index in [-0.39, 0.29) is 0 Å². The summed E-state index contributed by atoms with van der Waals surface area (Å²) in [5.41, 5.74) is 6.08. The van der Waals surface area contributed by atoms with Crippen molar-refractivity contribution >= 4 is 23.2 Å². The van der Waals surface area contributed by atoms with E-state index in [9.17, 15) is 0 Å². The summed E-state index contributed by atoms with van der Waals surface area (Å²) in [6.45, 7) is 4.06. The van der Waals surface area contributed by atoms with Crippen molar-refractivity contribution in [2.45, 2.75) is 0 Å². The van der Waals surface area contributed by atoms with E-state index in [1.54, 1.807) is 30.6 Å². The van der Waals surface area contributed by atoms with Gasteiger partial charge in [-0.25, -0.2) is 9.97 Å². The number of hydrogen-bond acceptors (Lipinski definition) is 5. The second kappa shape index (κ2) is 7.67. The molecule has 0 radical (unpaired) electrons. The predicted molar refractivity (Wildman–Crippen MR) is 83.0 cm³/mol. The van der Waals surface area contributed by atoms with Crippen LogP contribution in [0.1, 0.15) is 0 Å². The monoisotopic (exact) mass is 291 g/mol. The van der Waals surface area contributed by atoms with Crippen LogP contribution in [0.5, 0.6) is 0 Å². The molecule has 1 saturated heterocycles. The topological polar surface area (TPSA) is 67.1 Å². The standard InChI is InChI=1S/C8H12N4.C6H6ClN/c1-2-10-8(11-3-1)12-6-4-9-5-7-12;7-5-2-1-3-6(8)4-5/h1-3,9H,4-7H2;1-4H,8H2. The van der Waals surface area contributed by atoms with Crippen LogP contribution in [-0.2, 0) is 0 Å². The third kappa shape index (κ3) is 4.68. The van der Waals surface area contributed by atoms with Crippen molar-refractivity contribution < 1.29 is 0 Å². The number of aromatic nitrogens is 2. The van der Waals surface area contributed by atoms with E-state index >= 15 is 0 Å². The number of anilines is 2. The van der Waals surface area contributed by atoms with E-state index < -0.39 is 0 Å². The average Bonchev–Trinajstić information content (AvgIpc) is 2.49. The molecular formula is C14H18ClN5. The first-order valence-corrected chi connectivity index (χ1v) is 6.87. The fraction of sp³-hybridized carbons (Fsp3) is 0.286. The fourth-order valence-electron chi connectivity index (χ4n) is 1.83. The van der Waals surface area contributed by atoms with Crippen molar-refractivity contribution in [2.75, 3.05) is 36.8 Å². The molecule has 1 aliphatic rings. The van der Waals surface area contributed by atoms with E-state index in [1.807, 2.05) is 12.1 Å². The summed E-state index contributed by atoms with van der Waals surface area (Å²) in [4.78, 5) is 10.6. The molecule has 0 aliphatic carbocycles. The number of hydrogen-bond donors (Lipinski definition) is 2. The maximum Gasteiger partial charge on any atom is 0.225 e. The van der Waals surface area contributed by atoms with Gasteiger partial charge in [-0.2, -0.15) is 0 Å². The maximum absolute atomic E-state index is 5.56. The van der Waals surface area contributed by atoms with Crippen LogP contribution in [0, 0.1) is 0 Å². The zero-order valence-corrected chi connectivity index (χ0v) is 11.9. The summed E-state index contributed by atoms with van der Waals surface area (Å²) in [5, 5.41) is 3.97. The van der Waals surface area contributed by atoms with Crippen molar-refractivity contribution in [2.24, 2.45) is 0 Å². The van der Waals surface area contributed by atoms with Crippen LogP contribution >= 0.6 is 11.6 Å². The molecule has 2 heterocycles. The Kier molecular flexibility index (Phi) is 5.58. The van der Waals surface area contributed by atoms with Gasteiger partial charge in [-0.05, 0) is 24.3 Å². The third-order valence-corrected chi connectivity index (χ3v) is 3.04. The molecule has 0 bridgehead atoms. The van der Waals surface area contributed by atoms with Crippen LogP contribution in [-0.4, -0.2) is 36.1 Å². The van der Waals surface area contributed by atoms with Gasteiger partial charge in [-0.3, -0.25) is 0 Å². The molecule has 1 aliphatic heterocycles. The van der Waals surface area contributed by atoms with Gasteiger partial charge in [0.2, 0.25) is 5.95 Å². The summed E-state index contributed by atoms with van der Waals surface area (Å²) in [6.07, 6.45) is 3.56. The molecule has 0 atom stereocenters. The number of nitrogens with zero attached hydrogens (tertiary/aromatic N) is 3. The summed E-state index contributed by atoms with van der Waals surface area (Å²) in [6, 6.07) is 8.95. The van der Waals surface area contributed by atoms with Crippen molar-refractivity contribution in [3.8, 4) is 0 Å². The Morgan fingerprint density at radius 2 is 1.80 bits per heavy atom. The molecule has 106 valence electrons. The van der Waals surface area contributed by atoms with Crippen molar-refractivity contribution in [1.29, 1.82) is 0 Å². The van der Waals surface area contributed by atoms with Crippen LogP contribution in [0.4, 0.5) is 11.6 Å². The fourth-order valence-corrected chi connectivity index (χ4v) is 2.02. The molecule has 1 fully saturated rings. The van der Waals surface area contributed by atoms with Gasteiger partial charge in [-0.1, -0.05) is 17.7 Å². The molecular weight excluding hydrogens is 274 g/mol. The van der Waals surface area contributed by atoms with Gasteiger partial charge in [0, 0.05) is 49.3 Å². The highest BCUT2D eigenvalue weighted by Gasteiger charge is 2.11. The number of benzene rings is 1. The quantitative estimate of drug-likeness (QED) is 0.785. The Morgan fingerprint density at radius 3 is 2.35 bits per heavy atom. The summed E-state index contributed by atoms with van der Waals surface area (Å²) in [7, 11) is 0. The van der Waals surface area contributed by atoms with Gasteiger partial charge < -0.3 is 16.0 Å². The molecule has 3 N–H and O–H groups in total. The van der Waals surface area contributed by atoms with Gasteiger partial charge in [-0.15, -0.1) is 0 Å². The van der Waals surface area contributed by atoms with Gasteiger partial charge in [0.05, 0.1) is 0 Å². The first-order chi connectivity index (χ1) is 9.75. The molecule has 0 saturated carbocycles. The first-order valence-electron chi connectivity index (χ1n) is 6.49. The van der Waals surface area contributed by atoms with Gasteiger partial charge in [0.15, 0.2) is 0 Å². The minimum absolute atomic E-state index is 0.685. The van der Waals surface area contributed by atoms with Crippen LogP contribution in [0.3, 0.4) is 0 Å². The highest BCUT2D eigenvalue weighted by molar-refractivity contribution is 6.30. The lowest BCUT2D eigenvalue weighted by Gasteiger charge is -2.26. The Labute approximate surface area is 123 Å². The lowest BCUT2D eigenvalue weighted by atomic mass is 10.3. The van der Waals surface area contributed by atoms with Crippen molar-refractivity contribution in [3.05, 3.63) is 47.7 Å². The Bertz CT molecular complexity index is 497. The van der Waals surface area contributed by atoms with E-state index in [2.05, 4.69) is 20.2 Å². The van der Waals surface area contributed by atoms with Crippen LogP contribution in [0.2, 0.25) is 5.02 Å². The average molecular weight is 292 g/mol. The Hall–Kier alpha value is -1.85. The maximum atomic E-state index is 5.56. The molecule has 0 spiro atoms. The molecule has 20 heavy (non-hydrogen) atoms. The van der Waals surface area contributed by atoms with E-state index in [0.29, 0.717) is 10.7 Å². The number of nitrogens with one attached hydrogen (secondary N) is 1. The molecule has 6 heteroatoms. The molecule has 1 aromatic heterocycles. The van der Waals surface area contributed by atoms with Crippen molar-refractivity contribution in [1.82, 2.24) is 15.3 Å². The molecule has 0 amide bonds. The highest BCUT2D eigenvalue weighted by atomic mass is 35.5. The minimum atomic E-state index is 0.685. The molecule has 5 nitrogen and oxygen atoms in total. The second-order valence-corrected chi connectivity index (χ2v) is 4.78. The number of rotatable bonds is 1. The van der Waals surface area contributed by atoms with Gasteiger partial charge in [0.1, 0.15) is 0 Å². The van der Waals surface area contributed by atoms with Gasteiger partial charge in [0.25, 0.3) is 0 Å². The molecule has 0 unspecified atom stereocenters. The van der Waals surface area contributed by atoms with E-state index in [1.165, 1.54) is 0 Å². The zero-order valence-electron chi connectivity index (χ0n) is 11.2. The van der Waals surface area contributed by atoms with Crippen LogP contribution < -0.4 is 16.0 Å². The lowest BCUT2D eigenvalue weighted by molar-refractivity contribution is 0.580. The van der Waals surface area contributed by atoms with Crippen LogP contribution in [0.15, 0.2) is 42.7 Å². The summed E-state index contributed by atoms with van der Waals surface area (Å²) in [5.74, 6) is 0.846. The Morgan fingerprint density at radius 1 is 1.10 bits per heavy atom. The van der Waals surface area contributed by atoms with Gasteiger partial charge >= 0.3 is 0 Å².